The summed E-state index contributed by atoms with van der Waals surface area (Å²) in [6.45, 7) is 5.41. The van der Waals surface area contributed by atoms with Crippen LogP contribution in [-0.4, -0.2) is 66.9 Å². The highest BCUT2D eigenvalue weighted by molar-refractivity contribution is 5.92. The number of halogens is 1. The fourth-order valence-corrected chi connectivity index (χ4v) is 2.92. The molecule has 1 aromatic carbocycles. The quantitative estimate of drug-likeness (QED) is 0.804. The lowest BCUT2D eigenvalue weighted by Gasteiger charge is -2.33. The Morgan fingerprint density at radius 2 is 1.68 bits per heavy atom. The number of aryl methyl sites for hydroxylation is 1. The number of benzene rings is 1. The van der Waals surface area contributed by atoms with Crippen LogP contribution in [0.3, 0.4) is 0 Å². The van der Waals surface area contributed by atoms with E-state index in [-0.39, 0.29) is 24.0 Å². The smallest absolute Gasteiger partial charge is 0.238 e. The second kappa shape index (κ2) is 7.93. The topological polar surface area (TPSA) is 64.7 Å². The minimum Gasteiger partial charge on any atom is -0.352 e. The zero-order chi connectivity index (χ0) is 17.8. The molecule has 7 heteroatoms. The number of hydrogen-bond donors (Lipinski definition) is 2. The summed E-state index contributed by atoms with van der Waals surface area (Å²) >= 11 is 0. The van der Waals surface area contributed by atoms with Crippen molar-refractivity contribution in [3.63, 3.8) is 0 Å². The maximum absolute atomic E-state index is 13.8. The van der Waals surface area contributed by atoms with Crippen molar-refractivity contribution in [2.45, 2.75) is 25.8 Å². The summed E-state index contributed by atoms with van der Waals surface area (Å²) in [5, 5.41) is 5.61. The van der Waals surface area contributed by atoms with Crippen molar-refractivity contribution in [1.29, 1.82) is 0 Å². The zero-order valence-electron chi connectivity index (χ0n) is 14.6. The van der Waals surface area contributed by atoms with E-state index in [0.29, 0.717) is 12.6 Å². The van der Waals surface area contributed by atoms with Crippen LogP contribution >= 0.6 is 0 Å². The van der Waals surface area contributed by atoms with Crippen LogP contribution in [0.1, 0.15) is 18.4 Å². The molecule has 136 valence electrons. The van der Waals surface area contributed by atoms with Crippen LogP contribution in [0, 0.1) is 12.7 Å². The molecule has 25 heavy (non-hydrogen) atoms. The van der Waals surface area contributed by atoms with Crippen LogP contribution in [0.25, 0.3) is 0 Å². The van der Waals surface area contributed by atoms with E-state index in [1.54, 1.807) is 19.1 Å². The molecule has 2 N–H and O–H groups in total. The number of piperazine rings is 1. The molecule has 2 amide bonds. The van der Waals surface area contributed by atoms with E-state index in [9.17, 15) is 14.0 Å². The maximum atomic E-state index is 13.8. The summed E-state index contributed by atoms with van der Waals surface area (Å²) in [6.07, 6.45) is 2.19. The summed E-state index contributed by atoms with van der Waals surface area (Å²) in [4.78, 5) is 28.0. The van der Waals surface area contributed by atoms with E-state index in [2.05, 4.69) is 15.5 Å². The molecular weight excluding hydrogens is 323 g/mol. The number of amides is 2. The number of carbonyl (C=O) groups excluding carboxylic acids is 2. The standard InChI is InChI=1S/C18H25FN4O2/c1-13-2-5-16(15(19)10-13)21-18(25)12-23-8-6-22(7-9-23)11-17(24)20-14-3-4-14/h2,5,10,14H,3-4,6-9,11-12H2,1H3,(H,20,24)(H,21,25). The molecule has 0 aromatic heterocycles. The first-order valence-electron chi connectivity index (χ1n) is 8.79. The van der Waals surface area contributed by atoms with E-state index < -0.39 is 5.82 Å². The first kappa shape index (κ1) is 17.8. The summed E-state index contributed by atoms with van der Waals surface area (Å²) < 4.78 is 13.8. The maximum Gasteiger partial charge on any atom is 0.238 e. The van der Waals surface area contributed by atoms with Crippen molar-refractivity contribution < 1.29 is 14.0 Å². The Labute approximate surface area is 147 Å². The molecule has 1 aliphatic carbocycles. The van der Waals surface area contributed by atoms with Gasteiger partial charge in [-0.2, -0.15) is 0 Å². The van der Waals surface area contributed by atoms with E-state index in [1.165, 1.54) is 6.07 Å². The Hall–Kier alpha value is -1.99. The van der Waals surface area contributed by atoms with Gasteiger partial charge in [-0.1, -0.05) is 6.07 Å². The van der Waals surface area contributed by atoms with Crippen LogP contribution in [0.2, 0.25) is 0 Å². The fourth-order valence-electron chi connectivity index (χ4n) is 2.92. The molecule has 1 aromatic rings. The van der Waals surface area contributed by atoms with E-state index >= 15 is 0 Å². The Morgan fingerprint density at radius 1 is 1.08 bits per heavy atom. The van der Waals surface area contributed by atoms with Crippen LogP contribution < -0.4 is 10.6 Å². The number of anilines is 1. The highest BCUT2D eigenvalue weighted by Crippen LogP contribution is 2.18. The first-order valence-corrected chi connectivity index (χ1v) is 8.79. The Morgan fingerprint density at radius 3 is 2.24 bits per heavy atom. The van der Waals surface area contributed by atoms with Crippen molar-refractivity contribution in [2.24, 2.45) is 0 Å². The highest BCUT2D eigenvalue weighted by atomic mass is 19.1. The van der Waals surface area contributed by atoms with Gasteiger partial charge in [-0.15, -0.1) is 0 Å². The lowest BCUT2D eigenvalue weighted by Crippen LogP contribution is -2.51. The van der Waals surface area contributed by atoms with Crippen molar-refractivity contribution in [3.05, 3.63) is 29.6 Å². The van der Waals surface area contributed by atoms with Gasteiger partial charge < -0.3 is 10.6 Å². The van der Waals surface area contributed by atoms with Crippen molar-refractivity contribution in [3.8, 4) is 0 Å². The van der Waals surface area contributed by atoms with Gasteiger partial charge in [0.15, 0.2) is 0 Å². The normalized spacial score (nSPS) is 18.8. The Kier molecular flexibility index (Phi) is 5.65. The van der Waals surface area contributed by atoms with Crippen molar-refractivity contribution in [2.75, 3.05) is 44.6 Å². The molecule has 3 rings (SSSR count). The molecule has 2 aliphatic rings. The van der Waals surface area contributed by atoms with Gasteiger partial charge in [0.25, 0.3) is 0 Å². The lowest BCUT2D eigenvalue weighted by atomic mass is 10.2. The van der Waals surface area contributed by atoms with E-state index in [4.69, 9.17) is 0 Å². The summed E-state index contributed by atoms with van der Waals surface area (Å²) in [5.74, 6) is -0.550. The molecule has 0 radical (unpaired) electrons. The number of nitrogens with one attached hydrogen (secondary N) is 2. The van der Waals surface area contributed by atoms with Gasteiger partial charge in [0.05, 0.1) is 18.8 Å². The molecule has 0 atom stereocenters. The molecule has 1 saturated carbocycles. The third kappa shape index (κ3) is 5.51. The lowest BCUT2D eigenvalue weighted by molar-refractivity contribution is -0.123. The second-order valence-corrected chi connectivity index (χ2v) is 6.93. The minimum absolute atomic E-state index is 0.0866. The summed E-state index contributed by atoms with van der Waals surface area (Å²) in [7, 11) is 0. The van der Waals surface area contributed by atoms with Crippen molar-refractivity contribution >= 4 is 17.5 Å². The molecule has 0 bridgehead atoms. The van der Waals surface area contributed by atoms with E-state index in [1.807, 2.05) is 4.90 Å². The zero-order valence-corrected chi connectivity index (χ0v) is 14.6. The average molecular weight is 348 g/mol. The minimum atomic E-state index is -0.417. The SMILES string of the molecule is Cc1ccc(NC(=O)CN2CCN(CC(=O)NC3CC3)CC2)c(F)c1. The molecule has 6 nitrogen and oxygen atoms in total. The van der Waals surface area contributed by atoms with E-state index in [0.717, 1.165) is 44.6 Å². The largest absolute Gasteiger partial charge is 0.352 e. The summed E-state index contributed by atoms with van der Waals surface area (Å²) in [5.41, 5.74) is 1.03. The van der Waals surface area contributed by atoms with Gasteiger partial charge in [0.2, 0.25) is 11.8 Å². The molecule has 2 fully saturated rings. The number of carbonyl (C=O) groups is 2. The molecule has 1 aliphatic heterocycles. The van der Waals surface area contributed by atoms with Crippen LogP contribution in [0.5, 0.6) is 0 Å². The second-order valence-electron chi connectivity index (χ2n) is 6.93. The molecule has 0 unspecified atom stereocenters. The van der Waals surface area contributed by atoms with Crippen LogP contribution in [0.15, 0.2) is 18.2 Å². The Bertz CT molecular complexity index is 640. The van der Waals surface area contributed by atoms with Gasteiger partial charge in [-0.3, -0.25) is 19.4 Å². The van der Waals surface area contributed by atoms with Gasteiger partial charge >= 0.3 is 0 Å². The van der Waals surface area contributed by atoms with Gasteiger partial charge in [0, 0.05) is 32.2 Å². The van der Waals surface area contributed by atoms with Crippen molar-refractivity contribution in [1.82, 2.24) is 15.1 Å². The predicted molar refractivity (Wildman–Crippen MR) is 93.8 cm³/mol. The number of rotatable bonds is 6. The molecule has 1 heterocycles. The van der Waals surface area contributed by atoms with Gasteiger partial charge in [0.1, 0.15) is 5.82 Å². The average Bonchev–Trinajstić information content (AvgIpc) is 3.36. The third-order valence-electron chi connectivity index (χ3n) is 4.54. The first-order chi connectivity index (χ1) is 12.0. The molecular formula is C18H25FN4O2. The van der Waals surface area contributed by atoms with Crippen LogP contribution in [-0.2, 0) is 9.59 Å². The monoisotopic (exact) mass is 348 g/mol. The number of hydrogen-bond acceptors (Lipinski definition) is 4. The fraction of sp³-hybridized carbons (Fsp3) is 0.556. The van der Waals surface area contributed by atoms with Gasteiger partial charge in [-0.25, -0.2) is 4.39 Å². The summed E-state index contributed by atoms with van der Waals surface area (Å²) in [6, 6.07) is 5.14. The molecule has 1 saturated heterocycles. The third-order valence-corrected chi connectivity index (χ3v) is 4.54. The number of nitrogens with zero attached hydrogens (tertiary/aromatic N) is 2. The van der Waals surface area contributed by atoms with Crippen LogP contribution in [0.4, 0.5) is 10.1 Å². The molecule has 0 spiro atoms. The highest BCUT2D eigenvalue weighted by Gasteiger charge is 2.25. The predicted octanol–water partition coefficient (Wildman–Crippen LogP) is 0.969. The Balaban J connectivity index is 1.39. The van der Waals surface area contributed by atoms with Gasteiger partial charge in [-0.05, 0) is 37.5 Å².